The maximum absolute atomic E-state index is 12.1. The van der Waals surface area contributed by atoms with Gasteiger partial charge in [-0.05, 0) is 39.5 Å². The molecule has 0 aliphatic heterocycles. The lowest BCUT2D eigenvalue weighted by molar-refractivity contribution is -0.155. The number of methoxy groups -OCH3 is 1. The van der Waals surface area contributed by atoms with Gasteiger partial charge in [0.15, 0.2) is 0 Å². The van der Waals surface area contributed by atoms with E-state index < -0.39 is 35.5 Å². The van der Waals surface area contributed by atoms with Crippen molar-refractivity contribution in [3.05, 3.63) is 0 Å². The molecular formula is C16H31ClN2O5. The second-order valence-electron chi connectivity index (χ2n) is 6.95. The number of hydrogen-bond acceptors (Lipinski definition) is 6. The van der Waals surface area contributed by atoms with Crippen molar-refractivity contribution >= 4 is 30.3 Å². The zero-order valence-corrected chi connectivity index (χ0v) is 16.2. The molecule has 3 N–H and O–H groups in total. The Morgan fingerprint density at radius 3 is 2.12 bits per heavy atom. The van der Waals surface area contributed by atoms with E-state index in [1.807, 2.05) is 13.8 Å². The van der Waals surface area contributed by atoms with Crippen molar-refractivity contribution in [3.8, 4) is 0 Å². The van der Waals surface area contributed by atoms with Crippen molar-refractivity contribution in [2.24, 2.45) is 11.7 Å². The number of nitrogens with one attached hydrogen (secondary N) is 1. The van der Waals surface area contributed by atoms with Crippen LogP contribution < -0.4 is 11.1 Å². The number of esters is 2. The first kappa shape index (κ1) is 24.9. The van der Waals surface area contributed by atoms with Gasteiger partial charge in [0.05, 0.1) is 13.2 Å². The summed E-state index contributed by atoms with van der Waals surface area (Å²) in [6, 6.07) is -1.62. The fraction of sp³-hybridized carbons (Fsp3) is 0.812. The first-order chi connectivity index (χ1) is 10.5. The molecule has 0 fully saturated rings. The predicted octanol–water partition coefficient (Wildman–Crippen LogP) is 1.56. The van der Waals surface area contributed by atoms with E-state index in [1.165, 1.54) is 7.11 Å². The molecule has 0 saturated carbocycles. The molecule has 8 heteroatoms. The number of carbonyl (C=O) groups is 3. The number of hydrogen-bond donors (Lipinski definition) is 2. The van der Waals surface area contributed by atoms with E-state index in [0.717, 1.165) is 0 Å². The Hall–Kier alpha value is -1.34. The maximum Gasteiger partial charge on any atom is 0.328 e. The molecular weight excluding hydrogens is 336 g/mol. The summed E-state index contributed by atoms with van der Waals surface area (Å²) in [5.41, 5.74) is 5.21. The summed E-state index contributed by atoms with van der Waals surface area (Å²) in [7, 11) is 1.27. The average Bonchev–Trinajstić information content (AvgIpc) is 2.40. The molecule has 1 amide bonds. The van der Waals surface area contributed by atoms with Crippen LogP contribution in [0.2, 0.25) is 0 Å². The summed E-state index contributed by atoms with van der Waals surface area (Å²) in [4.78, 5) is 35.4. The third kappa shape index (κ3) is 11.2. The summed E-state index contributed by atoms with van der Waals surface area (Å²) in [5.74, 6) is -1.19. The zero-order chi connectivity index (χ0) is 18.2. The van der Waals surface area contributed by atoms with Crippen LogP contribution in [0.25, 0.3) is 0 Å². The van der Waals surface area contributed by atoms with Crippen molar-refractivity contribution in [2.45, 2.75) is 71.6 Å². The Morgan fingerprint density at radius 2 is 1.71 bits per heavy atom. The molecule has 0 radical (unpaired) electrons. The van der Waals surface area contributed by atoms with Gasteiger partial charge >= 0.3 is 11.9 Å². The average molecular weight is 367 g/mol. The van der Waals surface area contributed by atoms with Crippen LogP contribution in [0.15, 0.2) is 0 Å². The first-order valence-electron chi connectivity index (χ1n) is 7.82. The lowest BCUT2D eigenvalue weighted by Crippen LogP contribution is -2.49. The Labute approximate surface area is 150 Å². The van der Waals surface area contributed by atoms with Gasteiger partial charge in [0, 0.05) is 6.42 Å². The summed E-state index contributed by atoms with van der Waals surface area (Å²) < 4.78 is 9.84. The topological polar surface area (TPSA) is 108 Å². The minimum atomic E-state index is -0.887. The Kier molecular flexibility index (Phi) is 11.7. The van der Waals surface area contributed by atoms with E-state index in [2.05, 4.69) is 10.1 Å². The maximum atomic E-state index is 12.1. The molecule has 24 heavy (non-hydrogen) atoms. The molecule has 0 bridgehead atoms. The minimum absolute atomic E-state index is 0. The number of amides is 1. The Morgan fingerprint density at radius 1 is 1.17 bits per heavy atom. The summed E-state index contributed by atoms with van der Waals surface area (Å²) >= 11 is 0. The van der Waals surface area contributed by atoms with E-state index in [0.29, 0.717) is 6.42 Å². The molecule has 2 unspecified atom stereocenters. The van der Waals surface area contributed by atoms with Crippen LogP contribution in [0.4, 0.5) is 0 Å². The third-order valence-corrected chi connectivity index (χ3v) is 2.93. The van der Waals surface area contributed by atoms with E-state index in [4.69, 9.17) is 10.5 Å². The van der Waals surface area contributed by atoms with Crippen LogP contribution in [0.1, 0.15) is 53.9 Å². The zero-order valence-electron chi connectivity index (χ0n) is 15.4. The fourth-order valence-corrected chi connectivity index (χ4v) is 1.90. The molecule has 0 aromatic carbocycles. The largest absolute Gasteiger partial charge is 0.467 e. The number of ether oxygens (including phenoxy) is 2. The Balaban J connectivity index is 0. The summed E-state index contributed by atoms with van der Waals surface area (Å²) in [5, 5.41) is 2.58. The highest BCUT2D eigenvalue weighted by Gasteiger charge is 2.26. The van der Waals surface area contributed by atoms with E-state index in [-0.39, 0.29) is 31.2 Å². The van der Waals surface area contributed by atoms with Crippen molar-refractivity contribution < 1.29 is 23.9 Å². The second-order valence-corrected chi connectivity index (χ2v) is 6.95. The highest BCUT2D eigenvalue weighted by Crippen LogP contribution is 2.10. The van der Waals surface area contributed by atoms with E-state index in [9.17, 15) is 14.4 Å². The van der Waals surface area contributed by atoms with E-state index in [1.54, 1.807) is 20.8 Å². The van der Waals surface area contributed by atoms with Crippen molar-refractivity contribution in [1.82, 2.24) is 5.32 Å². The highest BCUT2D eigenvalue weighted by atomic mass is 35.5. The molecule has 0 aliphatic rings. The van der Waals surface area contributed by atoms with Crippen LogP contribution in [0.3, 0.4) is 0 Å². The molecule has 142 valence electrons. The van der Waals surface area contributed by atoms with Gasteiger partial charge in [-0.3, -0.25) is 9.59 Å². The van der Waals surface area contributed by atoms with Crippen LogP contribution >= 0.6 is 12.4 Å². The van der Waals surface area contributed by atoms with Gasteiger partial charge in [0.2, 0.25) is 5.91 Å². The van der Waals surface area contributed by atoms with Gasteiger partial charge < -0.3 is 20.5 Å². The second kappa shape index (κ2) is 11.3. The molecule has 7 nitrogen and oxygen atoms in total. The normalized spacial score (nSPS) is 13.5. The molecule has 0 saturated heterocycles. The summed E-state index contributed by atoms with van der Waals surface area (Å²) in [6.07, 6.45) is 0.645. The number of rotatable bonds is 8. The van der Waals surface area contributed by atoms with Crippen LogP contribution in [-0.4, -0.2) is 42.6 Å². The van der Waals surface area contributed by atoms with Crippen molar-refractivity contribution in [3.63, 3.8) is 0 Å². The third-order valence-electron chi connectivity index (χ3n) is 2.93. The molecule has 0 aliphatic carbocycles. The molecule has 0 spiro atoms. The minimum Gasteiger partial charge on any atom is -0.467 e. The van der Waals surface area contributed by atoms with Gasteiger partial charge in [-0.1, -0.05) is 13.8 Å². The molecule has 0 rings (SSSR count). The molecule has 0 aromatic heterocycles. The van der Waals surface area contributed by atoms with Crippen molar-refractivity contribution in [1.29, 1.82) is 0 Å². The van der Waals surface area contributed by atoms with Gasteiger partial charge in [-0.2, -0.15) is 0 Å². The number of halogens is 1. The van der Waals surface area contributed by atoms with Crippen LogP contribution in [-0.2, 0) is 23.9 Å². The SMILES string of the molecule is COC(=O)C(CC(C)C)NC(=O)C(N)CCC(=O)OC(C)(C)C.Cl. The number of carbonyl (C=O) groups excluding carboxylic acids is 3. The Bertz CT molecular complexity index is 421. The monoisotopic (exact) mass is 366 g/mol. The van der Waals surface area contributed by atoms with Crippen LogP contribution in [0.5, 0.6) is 0 Å². The first-order valence-corrected chi connectivity index (χ1v) is 7.82. The lowest BCUT2D eigenvalue weighted by atomic mass is 10.0. The quantitative estimate of drug-likeness (QED) is 0.631. The van der Waals surface area contributed by atoms with Crippen molar-refractivity contribution in [2.75, 3.05) is 7.11 Å². The fourth-order valence-electron chi connectivity index (χ4n) is 1.90. The van der Waals surface area contributed by atoms with E-state index >= 15 is 0 Å². The molecule has 0 aromatic rings. The van der Waals surface area contributed by atoms with Gasteiger partial charge in [0.1, 0.15) is 11.6 Å². The number of nitrogens with two attached hydrogens (primary N) is 1. The van der Waals surface area contributed by atoms with Gasteiger partial charge in [0.25, 0.3) is 0 Å². The van der Waals surface area contributed by atoms with Gasteiger partial charge in [-0.25, -0.2) is 4.79 Å². The molecule has 2 atom stereocenters. The van der Waals surface area contributed by atoms with Gasteiger partial charge in [-0.15, -0.1) is 12.4 Å². The summed E-state index contributed by atoms with van der Waals surface area (Å²) in [6.45, 7) is 9.17. The smallest absolute Gasteiger partial charge is 0.328 e. The van der Waals surface area contributed by atoms with Crippen LogP contribution in [0, 0.1) is 5.92 Å². The molecule has 0 heterocycles. The lowest BCUT2D eigenvalue weighted by Gasteiger charge is -2.21. The predicted molar refractivity (Wildman–Crippen MR) is 93.7 cm³/mol. The standard InChI is InChI=1S/C16H30N2O5.ClH/c1-10(2)9-12(15(21)22-6)18-14(20)11(17)7-8-13(19)23-16(3,4)5;/h10-12H,7-9,17H2,1-6H3,(H,18,20);1H. The highest BCUT2D eigenvalue weighted by molar-refractivity contribution is 5.87.